The molecule has 0 saturated carbocycles. The zero-order chi connectivity index (χ0) is 24.8. The van der Waals surface area contributed by atoms with Crippen LogP contribution in [0.5, 0.6) is 0 Å². The molecule has 180 valence electrons. The Labute approximate surface area is 205 Å². The topological polar surface area (TPSA) is 86.8 Å². The summed E-state index contributed by atoms with van der Waals surface area (Å²) in [6, 6.07) is 13.5. The molecule has 9 heteroatoms. The molecule has 2 rings (SSSR count). The van der Waals surface area contributed by atoms with Crippen molar-refractivity contribution >= 4 is 43.5 Å². The van der Waals surface area contributed by atoms with Crippen LogP contribution >= 0.6 is 15.9 Å². The lowest BCUT2D eigenvalue weighted by atomic mass is 10.1. The van der Waals surface area contributed by atoms with Crippen molar-refractivity contribution in [3.05, 3.63) is 64.1 Å². The highest BCUT2D eigenvalue weighted by atomic mass is 79.9. The quantitative estimate of drug-likeness (QED) is 0.498. The molecule has 0 aliphatic carbocycles. The van der Waals surface area contributed by atoms with Crippen molar-refractivity contribution in [3.63, 3.8) is 0 Å². The molecule has 2 aromatic carbocycles. The molecule has 0 radical (unpaired) electrons. The maximum Gasteiger partial charge on any atom is 0.244 e. The Morgan fingerprint density at radius 2 is 1.67 bits per heavy atom. The van der Waals surface area contributed by atoms with Gasteiger partial charge in [-0.15, -0.1) is 0 Å². The van der Waals surface area contributed by atoms with Gasteiger partial charge in [0.2, 0.25) is 21.8 Å². The molecule has 1 N–H and O–H groups in total. The molecular formula is C24H32BrN3O4S. The number of nitrogens with zero attached hydrogens (tertiary/aromatic N) is 2. The van der Waals surface area contributed by atoms with Crippen LogP contribution in [0.4, 0.5) is 5.69 Å². The molecule has 0 aliphatic rings. The normalized spacial score (nSPS) is 13.2. The average Bonchev–Trinajstić information content (AvgIpc) is 2.76. The summed E-state index contributed by atoms with van der Waals surface area (Å²) in [5.41, 5.74) is 2.25. The van der Waals surface area contributed by atoms with Gasteiger partial charge < -0.3 is 10.2 Å². The van der Waals surface area contributed by atoms with Gasteiger partial charge in [-0.05, 0) is 62.6 Å². The summed E-state index contributed by atoms with van der Waals surface area (Å²) in [6.45, 7) is 7.25. The lowest BCUT2D eigenvalue weighted by Crippen LogP contribution is -2.52. The number of carbonyl (C=O) groups is 2. The third-order valence-corrected chi connectivity index (χ3v) is 7.23. The molecule has 2 amide bonds. The molecule has 2 aromatic rings. The Hall–Kier alpha value is -2.39. The number of benzene rings is 2. The van der Waals surface area contributed by atoms with Crippen molar-refractivity contribution in [3.8, 4) is 0 Å². The fourth-order valence-electron chi connectivity index (χ4n) is 3.24. The predicted octanol–water partition coefficient (Wildman–Crippen LogP) is 3.86. The monoisotopic (exact) mass is 537 g/mol. The number of carbonyl (C=O) groups excluding carboxylic acids is 2. The second-order valence-corrected chi connectivity index (χ2v) is 11.0. The van der Waals surface area contributed by atoms with E-state index in [0.29, 0.717) is 5.69 Å². The van der Waals surface area contributed by atoms with Crippen LogP contribution in [0.3, 0.4) is 0 Å². The van der Waals surface area contributed by atoms with E-state index in [2.05, 4.69) is 21.2 Å². The van der Waals surface area contributed by atoms with Crippen LogP contribution in [0, 0.1) is 6.92 Å². The second kappa shape index (κ2) is 11.7. The Bertz CT molecular complexity index is 1070. The Morgan fingerprint density at radius 3 is 2.21 bits per heavy atom. The van der Waals surface area contributed by atoms with Crippen molar-refractivity contribution in [1.82, 2.24) is 10.2 Å². The highest BCUT2D eigenvalue weighted by molar-refractivity contribution is 9.10. The van der Waals surface area contributed by atoms with E-state index in [-0.39, 0.29) is 18.5 Å². The van der Waals surface area contributed by atoms with Crippen molar-refractivity contribution in [2.45, 2.75) is 52.7 Å². The third-order valence-electron chi connectivity index (χ3n) is 5.56. The van der Waals surface area contributed by atoms with Crippen LogP contribution in [-0.2, 0) is 26.2 Å². The molecule has 33 heavy (non-hydrogen) atoms. The standard InChI is InChI=1S/C24H32BrN3O4S/c1-6-18(3)26-24(30)19(4)27(15-20-10-8-7-9-17(20)2)23(29)16-28(33(5,31)32)22-13-11-21(25)12-14-22/h7-14,18-19H,6,15-16H2,1-5H3,(H,26,30)/t18-,19-/m0/s1. The van der Waals surface area contributed by atoms with E-state index in [1.165, 1.54) is 4.90 Å². The maximum atomic E-state index is 13.5. The average molecular weight is 539 g/mol. The number of aryl methyl sites for hydroxylation is 1. The molecule has 0 fully saturated rings. The Morgan fingerprint density at radius 1 is 1.06 bits per heavy atom. The number of anilines is 1. The highest BCUT2D eigenvalue weighted by Crippen LogP contribution is 2.22. The van der Waals surface area contributed by atoms with E-state index in [0.717, 1.165) is 32.6 Å². The smallest absolute Gasteiger partial charge is 0.244 e. The number of nitrogens with one attached hydrogen (secondary N) is 1. The van der Waals surface area contributed by atoms with E-state index in [9.17, 15) is 18.0 Å². The zero-order valence-corrected chi connectivity index (χ0v) is 22.1. The summed E-state index contributed by atoms with van der Waals surface area (Å²) >= 11 is 3.34. The van der Waals surface area contributed by atoms with E-state index >= 15 is 0 Å². The van der Waals surface area contributed by atoms with Gasteiger partial charge in [0.25, 0.3) is 0 Å². The molecular weight excluding hydrogens is 506 g/mol. The van der Waals surface area contributed by atoms with Gasteiger partial charge in [0.05, 0.1) is 11.9 Å². The van der Waals surface area contributed by atoms with Gasteiger partial charge in [-0.25, -0.2) is 8.42 Å². The number of sulfonamides is 1. The molecule has 0 saturated heterocycles. The van der Waals surface area contributed by atoms with Crippen molar-refractivity contribution in [2.75, 3.05) is 17.1 Å². The molecule has 0 bridgehead atoms. The molecule has 0 unspecified atom stereocenters. The minimum absolute atomic E-state index is 0.0364. The summed E-state index contributed by atoms with van der Waals surface area (Å²) in [4.78, 5) is 27.8. The molecule has 0 heterocycles. The first-order chi connectivity index (χ1) is 15.4. The Balaban J connectivity index is 2.39. The van der Waals surface area contributed by atoms with E-state index in [4.69, 9.17) is 0 Å². The Kier molecular flexibility index (Phi) is 9.48. The van der Waals surface area contributed by atoms with Crippen LogP contribution in [0.1, 0.15) is 38.3 Å². The number of hydrogen-bond acceptors (Lipinski definition) is 4. The van der Waals surface area contributed by atoms with Gasteiger partial charge in [-0.3, -0.25) is 13.9 Å². The predicted molar refractivity (Wildman–Crippen MR) is 135 cm³/mol. The number of halogens is 1. The molecule has 7 nitrogen and oxygen atoms in total. The van der Waals surface area contributed by atoms with Gasteiger partial charge in [0, 0.05) is 17.1 Å². The lowest BCUT2D eigenvalue weighted by Gasteiger charge is -2.32. The highest BCUT2D eigenvalue weighted by Gasteiger charge is 2.30. The van der Waals surface area contributed by atoms with Crippen LogP contribution in [0.2, 0.25) is 0 Å². The van der Waals surface area contributed by atoms with Gasteiger partial charge in [-0.2, -0.15) is 0 Å². The van der Waals surface area contributed by atoms with Crippen LogP contribution in [0.15, 0.2) is 53.0 Å². The number of hydrogen-bond donors (Lipinski definition) is 1. The summed E-state index contributed by atoms with van der Waals surface area (Å²) in [7, 11) is -3.74. The molecule has 0 spiro atoms. The van der Waals surface area contributed by atoms with E-state index < -0.39 is 28.5 Å². The molecule has 0 aromatic heterocycles. The van der Waals surface area contributed by atoms with E-state index in [1.807, 2.05) is 45.0 Å². The fourth-order valence-corrected chi connectivity index (χ4v) is 4.35. The SMILES string of the molecule is CC[C@H](C)NC(=O)[C@H](C)N(Cc1ccccc1C)C(=O)CN(c1ccc(Br)cc1)S(C)(=O)=O. The largest absolute Gasteiger partial charge is 0.352 e. The van der Waals surface area contributed by atoms with Crippen LogP contribution in [0.25, 0.3) is 0 Å². The fraction of sp³-hybridized carbons (Fsp3) is 0.417. The van der Waals surface area contributed by atoms with Crippen molar-refractivity contribution < 1.29 is 18.0 Å². The minimum atomic E-state index is -3.74. The first-order valence-electron chi connectivity index (χ1n) is 10.8. The van der Waals surface area contributed by atoms with Gasteiger partial charge in [-0.1, -0.05) is 47.1 Å². The van der Waals surface area contributed by atoms with Crippen molar-refractivity contribution in [2.24, 2.45) is 0 Å². The summed E-state index contributed by atoms with van der Waals surface area (Å²) in [5.74, 6) is -0.737. The molecule has 0 aliphatic heterocycles. The summed E-state index contributed by atoms with van der Waals surface area (Å²) in [5, 5.41) is 2.92. The van der Waals surface area contributed by atoms with Crippen LogP contribution in [-0.4, -0.2) is 50.0 Å². The first kappa shape index (κ1) is 26.9. The summed E-state index contributed by atoms with van der Waals surface area (Å²) < 4.78 is 26.9. The van der Waals surface area contributed by atoms with E-state index in [1.54, 1.807) is 31.2 Å². The third kappa shape index (κ3) is 7.57. The maximum absolute atomic E-state index is 13.5. The molecule has 2 atom stereocenters. The number of rotatable bonds is 10. The lowest BCUT2D eigenvalue weighted by molar-refractivity contribution is -0.139. The zero-order valence-electron chi connectivity index (χ0n) is 19.7. The van der Waals surface area contributed by atoms with Crippen LogP contribution < -0.4 is 9.62 Å². The van der Waals surface area contributed by atoms with Crippen molar-refractivity contribution in [1.29, 1.82) is 0 Å². The van der Waals surface area contributed by atoms with Gasteiger partial charge in [0.1, 0.15) is 12.6 Å². The van der Waals surface area contributed by atoms with Gasteiger partial charge in [0.15, 0.2) is 0 Å². The number of amides is 2. The summed E-state index contributed by atoms with van der Waals surface area (Å²) in [6.07, 6.45) is 1.82. The van der Waals surface area contributed by atoms with Gasteiger partial charge >= 0.3 is 0 Å². The minimum Gasteiger partial charge on any atom is -0.352 e. The second-order valence-electron chi connectivity index (χ2n) is 8.19. The first-order valence-corrected chi connectivity index (χ1v) is 13.5.